The van der Waals surface area contributed by atoms with Gasteiger partial charge in [0.15, 0.2) is 11.6 Å². The Bertz CT molecular complexity index is 857. The number of benzene rings is 2. The number of aromatic nitrogens is 2. The molecule has 5 heteroatoms. The van der Waals surface area contributed by atoms with Crippen molar-refractivity contribution in [3.8, 4) is 22.5 Å². The minimum Gasteiger partial charge on any atom is -0.261 e. The summed E-state index contributed by atoms with van der Waals surface area (Å²) in [7, 11) is 0. The molecular formula is C19H17ClN4. The lowest BCUT2D eigenvalue weighted by Gasteiger charge is -2.12. The van der Waals surface area contributed by atoms with Crippen LogP contribution in [0.15, 0.2) is 65.8 Å². The van der Waals surface area contributed by atoms with Gasteiger partial charge in [0.1, 0.15) is 5.15 Å². The molecule has 4 nitrogen and oxygen atoms in total. The highest BCUT2D eigenvalue weighted by atomic mass is 35.5. The third-order valence-corrected chi connectivity index (χ3v) is 3.62. The molecule has 0 aliphatic carbocycles. The Kier molecular flexibility index (Phi) is 4.87. The summed E-state index contributed by atoms with van der Waals surface area (Å²) in [5.41, 5.74) is 6.49. The van der Waals surface area contributed by atoms with Crippen molar-refractivity contribution in [3.63, 3.8) is 0 Å². The molecule has 0 bridgehead atoms. The first-order valence-corrected chi connectivity index (χ1v) is 7.98. The van der Waals surface area contributed by atoms with Gasteiger partial charge < -0.3 is 0 Å². The van der Waals surface area contributed by atoms with E-state index in [2.05, 4.69) is 20.5 Å². The molecule has 0 spiro atoms. The summed E-state index contributed by atoms with van der Waals surface area (Å²) < 4.78 is 0. The van der Waals surface area contributed by atoms with Gasteiger partial charge in [-0.15, -0.1) is 0 Å². The fourth-order valence-electron chi connectivity index (χ4n) is 2.26. The Morgan fingerprint density at radius 2 is 1.46 bits per heavy atom. The fraction of sp³-hybridized carbons (Fsp3) is 0.105. The van der Waals surface area contributed by atoms with Gasteiger partial charge in [0.05, 0.1) is 5.56 Å². The van der Waals surface area contributed by atoms with Gasteiger partial charge in [-0.1, -0.05) is 72.3 Å². The minimum absolute atomic E-state index is 0.390. The third-order valence-electron chi connectivity index (χ3n) is 3.34. The zero-order valence-corrected chi connectivity index (χ0v) is 14.2. The quantitative estimate of drug-likeness (QED) is 0.401. The molecular weight excluding hydrogens is 320 g/mol. The van der Waals surface area contributed by atoms with Crippen LogP contribution < -0.4 is 5.43 Å². The summed E-state index contributed by atoms with van der Waals surface area (Å²) in [6.45, 7) is 3.83. The highest BCUT2D eigenvalue weighted by Gasteiger charge is 2.15. The molecule has 3 rings (SSSR count). The second-order valence-corrected chi connectivity index (χ2v) is 5.82. The second kappa shape index (κ2) is 7.23. The average molecular weight is 337 g/mol. The number of hydrogen-bond acceptors (Lipinski definition) is 4. The molecule has 1 N–H and O–H groups in total. The van der Waals surface area contributed by atoms with Crippen molar-refractivity contribution in [1.82, 2.24) is 9.97 Å². The van der Waals surface area contributed by atoms with E-state index in [0.29, 0.717) is 16.8 Å². The van der Waals surface area contributed by atoms with Crippen LogP contribution in [-0.2, 0) is 0 Å². The van der Waals surface area contributed by atoms with E-state index in [1.54, 1.807) is 0 Å². The molecule has 0 atom stereocenters. The maximum absolute atomic E-state index is 6.49. The smallest absolute Gasteiger partial charge is 0.163 e. The molecule has 0 aliphatic heterocycles. The summed E-state index contributed by atoms with van der Waals surface area (Å²) >= 11 is 6.49. The molecule has 0 saturated carbocycles. The third kappa shape index (κ3) is 3.60. The normalized spacial score (nSPS) is 10.3. The van der Waals surface area contributed by atoms with Crippen LogP contribution >= 0.6 is 11.6 Å². The van der Waals surface area contributed by atoms with Crippen molar-refractivity contribution in [2.75, 3.05) is 5.43 Å². The van der Waals surface area contributed by atoms with Gasteiger partial charge in [-0.25, -0.2) is 9.97 Å². The highest BCUT2D eigenvalue weighted by Crippen LogP contribution is 2.34. The molecule has 0 amide bonds. The van der Waals surface area contributed by atoms with Crippen LogP contribution in [0.2, 0.25) is 5.15 Å². The van der Waals surface area contributed by atoms with E-state index in [9.17, 15) is 0 Å². The van der Waals surface area contributed by atoms with E-state index in [-0.39, 0.29) is 0 Å². The van der Waals surface area contributed by atoms with Crippen LogP contribution in [0.5, 0.6) is 0 Å². The lowest BCUT2D eigenvalue weighted by atomic mass is 10.1. The SMILES string of the molecule is CC(C)=NNc1nc(-c2ccccc2)nc(Cl)c1-c1ccccc1. The zero-order chi connectivity index (χ0) is 16.9. The number of hydrazone groups is 1. The van der Waals surface area contributed by atoms with E-state index in [1.807, 2.05) is 74.5 Å². The fourth-order valence-corrected chi connectivity index (χ4v) is 2.53. The number of anilines is 1. The van der Waals surface area contributed by atoms with Crippen molar-refractivity contribution in [2.45, 2.75) is 13.8 Å². The Labute approximate surface area is 146 Å². The van der Waals surface area contributed by atoms with Gasteiger partial charge in [-0.3, -0.25) is 5.43 Å². The first-order chi connectivity index (χ1) is 11.6. The van der Waals surface area contributed by atoms with E-state index in [0.717, 1.165) is 22.4 Å². The molecule has 24 heavy (non-hydrogen) atoms. The number of rotatable bonds is 4. The van der Waals surface area contributed by atoms with Gasteiger partial charge in [0.25, 0.3) is 0 Å². The maximum atomic E-state index is 6.49. The first kappa shape index (κ1) is 16.1. The van der Waals surface area contributed by atoms with Crippen molar-refractivity contribution in [2.24, 2.45) is 5.10 Å². The highest BCUT2D eigenvalue weighted by molar-refractivity contribution is 6.32. The molecule has 3 aromatic rings. The number of nitrogens with zero attached hydrogens (tertiary/aromatic N) is 3. The summed E-state index contributed by atoms with van der Waals surface area (Å²) in [5, 5.41) is 4.66. The average Bonchev–Trinajstić information content (AvgIpc) is 2.61. The van der Waals surface area contributed by atoms with Crippen LogP contribution in [0.3, 0.4) is 0 Å². The molecule has 120 valence electrons. The van der Waals surface area contributed by atoms with Crippen LogP contribution in [0.25, 0.3) is 22.5 Å². The number of nitrogens with one attached hydrogen (secondary N) is 1. The molecule has 0 saturated heterocycles. The van der Waals surface area contributed by atoms with Crippen LogP contribution in [-0.4, -0.2) is 15.7 Å². The maximum Gasteiger partial charge on any atom is 0.163 e. The van der Waals surface area contributed by atoms with Gasteiger partial charge in [-0.05, 0) is 19.4 Å². The predicted molar refractivity (Wildman–Crippen MR) is 100 cm³/mol. The Morgan fingerprint density at radius 3 is 2.04 bits per heavy atom. The molecule has 0 aliphatic rings. The van der Waals surface area contributed by atoms with Crippen molar-refractivity contribution in [1.29, 1.82) is 0 Å². The molecule has 2 aromatic carbocycles. The van der Waals surface area contributed by atoms with Crippen molar-refractivity contribution >= 4 is 23.1 Å². The molecule has 0 fully saturated rings. The van der Waals surface area contributed by atoms with Crippen LogP contribution in [0, 0.1) is 0 Å². The second-order valence-electron chi connectivity index (χ2n) is 5.46. The predicted octanol–water partition coefficient (Wildman–Crippen LogP) is 5.27. The summed E-state index contributed by atoms with van der Waals surface area (Å²) in [6, 6.07) is 19.5. The summed E-state index contributed by atoms with van der Waals surface area (Å²) in [4.78, 5) is 9.11. The van der Waals surface area contributed by atoms with E-state index in [1.165, 1.54) is 0 Å². The minimum atomic E-state index is 0.390. The van der Waals surface area contributed by atoms with E-state index < -0.39 is 0 Å². The standard InChI is InChI=1S/C19H17ClN4/c1-13(2)23-24-19-16(14-9-5-3-6-10-14)17(20)21-18(22-19)15-11-7-4-8-12-15/h3-12H,1-2H3,(H,21,22,24). The lowest BCUT2D eigenvalue weighted by Crippen LogP contribution is -2.02. The van der Waals surface area contributed by atoms with Crippen molar-refractivity contribution in [3.05, 3.63) is 65.8 Å². The largest absolute Gasteiger partial charge is 0.261 e. The Hall–Kier alpha value is -2.72. The topological polar surface area (TPSA) is 50.2 Å². The molecule has 1 aromatic heterocycles. The van der Waals surface area contributed by atoms with Gasteiger partial charge in [-0.2, -0.15) is 5.10 Å². The molecule has 0 unspecified atom stereocenters. The monoisotopic (exact) mass is 336 g/mol. The van der Waals surface area contributed by atoms with E-state index >= 15 is 0 Å². The van der Waals surface area contributed by atoms with Crippen molar-refractivity contribution < 1.29 is 0 Å². The Morgan fingerprint density at radius 1 is 0.875 bits per heavy atom. The van der Waals surface area contributed by atoms with Gasteiger partial charge in [0.2, 0.25) is 0 Å². The number of halogens is 1. The lowest BCUT2D eigenvalue weighted by molar-refractivity contribution is 1.14. The van der Waals surface area contributed by atoms with E-state index in [4.69, 9.17) is 11.6 Å². The van der Waals surface area contributed by atoms with Crippen LogP contribution in [0.4, 0.5) is 5.82 Å². The van der Waals surface area contributed by atoms with Gasteiger partial charge >= 0.3 is 0 Å². The number of hydrogen-bond donors (Lipinski definition) is 1. The van der Waals surface area contributed by atoms with Gasteiger partial charge in [0, 0.05) is 11.3 Å². The summed E-state index contributed by atoms with van der Waals surface area (Å²) in [5.74, 6) is 1.15. The molecule has 1 heterocycles. The summed E-state index contributed by atoms with van der Waals surface area (Å²) in [6.07, 6.45) is 0. The van der Waals surface area contributed by atoms with Crippen LogP contribution in [0.1, 0.15) is 13.8 Å². The zero-order valence-electron chi connectivity index (χ0n) is 13.5. The first-order valence-electron chi connectivity index (χ1n) is 7.60. The molecule has 0 radical (unpaired) electrons. The Balaban J connectivity index is 2.16.